The molecule has 23 heavy (non-hydrogen) atoms. The predicted octanol–water partition coefficient (Wildman–Crippen LogP) is 3.72. The Labute approximate surface area is 138 Å². The zero-order valence-electron chi connectivity index (χ0n) is 13.0. The average molecular weight is 326 g/mol. The summed E-state index contributed by atoms with van der Waals surface area (Å²) < 4.78 is 0. The van der Waals surface area contributed by atoms with Crippen LogP contribution in [-0.4, -0.2) is 10.9 Å². The number of fused-ring (bicyclic) bond motifs is 1. The van der Waals surface area contributed by atoms with Gasteiger partial charge in [0.1, 0.15) is 0 Å². The number of H-pyrrole nitrogens is 1. The van der Waals surface area contributed by atoms with Crippen LogP contribution in [0.5, 0.6) is 0 Å². The van der Waals surface area contributed by atoms with E-state index in [1.54, 1.807) is 17.4 Å². The van der Waals surface area contributed by atoms with Crippen molar-refractivity contribution in [1.29, 1.82) is 0 Å². The fourth-order valence-corrected chi connectivity index (χ4v) is 3.60. The molecule has 2 N–H and O–H groups in total. The van der Waals surface area contributed by atoms with Crippen LogP contribution in [0.2, 0.25) is 0 Å². The summed E-state index contributed by atoms with van der Waals surface area (Å²) in [5.74, 6) is 0.0326. The second-order valence-electron chi connectivity index (χ2n) is 5.80. The second kappa shape index (κ2) is 6.38. The molecule has 0 aliphatic heterocycles. The van der Waals surface area contributed by atoms with Gasteiger partial charge < -0.3 is 10.3 Å². The molecule has 2 heterocycles. The molecule has 3 rings (SSSR count). The van der Waals surface area contributed by atoms with Gasteiger partial charge >= 0.3 is 0 Å². The number of hydrogen-bond donors (Lipinski definition) is 2. The second-order valence-corrected chi connectivity index (χ2v) is 6.78. The first-order valence-corrected chi connectivity index (χ1v) is 8.40. The third-order valence-corrected chi connectivity index (χ3v) is 4.75. The first kappa shape index (κ1) is 15.5. The van der Waals surface area contributed by atoms with Gasteiger partial charge in [-0.1, -0.05) is 38.1 Å². The lowest BCUT2D eigenvalue weighted by Gasteiger charge is -2.21. The molecule has 118 valence electrons. The van der Waals surface area contributed by atoms with Crippen LogP contribution < -0.4 is 10.9 Å². The van der Waals surface area contributed by atoms with E-state index < -0.39 is 0 Å². The number of amides is 1. The smallest absolute Gasteiger partial charge is 0.252 e. The fourth-order valence-electron chi connectivity index (χ4n) is 2.65. The van der Waals surface area contributed by atoms with Gasteiger partial charge in [-0.2, -0.15) is 0 Å². The van der Waals surface area contributed by atoms with Gasteiger partial charge in [-0.3, -0.25) is 9.59 Å². The van der Waals surface area contributed by atoms with Crippen LogP contribution in [0, 0.1) is 5.92 Å². The molecule has 2 aromatic heterocycles. The van der Waals surface area contributed by atoms with Crippen molar-refractivity contribution in [2.45, 2.75) is 19.9 Å². The molecular weight excluding hydrogens is 308 g/mol. The topological polar surface area (TPSA) is 62.0 Å². The fraction of sp³-hybridized carbons (Fsp3) is 0.222. The van der Waals surface area contributed by atoms with Crippen LogP contribution in [0.25, 0.3) is 10.9 Å². The van der Waals surface area contributed by atoms with Gasteiger partial charge in [0, 0.05) is 21.8 Å². The van der Waals surface area contributed by atoms with E-state index in [0.717, 1.165) is 10.3 Å². The Balaban J connectivity index is 1.99. The van der Waals surface area contributed by atoms with Crippen LogP contribution in [0.4, 0.5) is 0 Å². The molecule has 1 unspecified atom stereocenters. The number of carbonyl (C=O) groups excluding carboxylic acids is 1. The lowest BCUT2D eigenvalue weighted by atomic mass is 10.0. The Morgan fingerprint density at radius 3 is 2.65 bits per heavy atom. The molecular formula is C18H18N2O2S. The van der Waals surface area contributed by atoms with Crippen molar-refractivity contribution in [3.05, 3.63) is 68.6 Å². The standard InChI is InChI=1S/C18H18N2O2S/c1-11(2)17(15-8-5-9-23-15)20-18(22)13-10-16(21)19-14-7-4-3-6-12(13)14/h3-11,17H,1-2H3,(H,19,21)(H,20,22). The Hall–Kier alpha value is -2.40. The summed E-state index contributed by atoms with van der Waals surface area (Å²) in [6.45, 7) is 4.14. The molecule has 1 atom stereocenters. The molecule has 5 heteroatoms. The number of carbonyl (C=O) groups is 1. The molecule has 0 radical (unpaired) electrons. The maximum absolute atomic E-state index is 12.8. The Morgan fingerprint density at radius 2 is 1.96 bits per heavy atom. The average Bonchev–Trinajstić information content (AvgIpc) is 3.05. The monoisotopic (exact) mass is 326 g/mol. The Kier molecular flexibility index (Phi) is 4.30. The molecule has 1 amide bonds. The molecule has 0 aliphatic rings. The summed E-state index contributed by atoms with van der Waals surface area (Å²) in [4.78, 5) is 28.5. The molecule has 0 bridgehead atoms. The number of benzene rings is 1. The first-order valence-electron chi connectivity index (χ1n) is 7.52. The number of aromatic amines is 1. The van der Waals surface area contributed by atoms with Crippen molar-refractivity contribution in [2.24, 2.45) is 5.92 Å². The summed E-state index contributed by atoms with van der Waals surface area (Å²) in [5.41, 5.74) is 0.806. The first-order chi connectivity index (χ1) is 11.1. The number of pyridine rings is 1. The van der Waals surface area contributed by atoms with E-state index in [1.807, 2.05) is 35.7 Å². The number of thiophene rings is 1. The van der Waals surface area contributed by atoms with Gasteiger partial charge in [-0.15, -0.1) is 11.3 Å². The summed E-state index contributed by atoms with van der Waals surface area (Å²) in [6.07, 6.45) is 0. The van der Waals surface area contributed by atoms with Crippen molar-refractivity contribution >= 4 is 28.1 Å². The van der Waals surface area contributed by atoms with E-state index in [4.69, 9.17) is 0 Å². The molecule has 0 saturated carbocycles. The SMILES string of the molecule is CC(C)C(NC(=O)c1cc(=O)[nH]c2ccccc12)c1cccs1. The molecule has 4 nitrogen and oxygen atoms in total. The van der Waals surface area contributed by atoms with Crippen LogP contribution in [0.1, 0.15) is 35.1 Å². The van der Waals surface area contributed by atoms with Crippen molar-refractivity contribution in [2.75, 3.05) is 0 Å². The number of aromatic nitrogens is 1. The van der Waals surface area contributed by atoms with E-state index in [2.05, 4.69) is 24.1 Å². The van der Waals surface area contributed by atoms with Gasteiger partial charge in [0.25, 0.3) is 5.91 Å². The van der Waals surface area contributed by atoms with Crippen LogP contribution >= 0.6 is 11.3 Å². The minimum Gasteiger partial charge on any atom is -0.344 e. The number of hydrogen-bond acceptors (Lipinski definition) is 3. The molecule has 0 fully saturated rings. The Morgan fingerprint density at radius 1 is 1.17 bits per heavy atom. The summed E-state index contributed by atoms with van der Waals surface area (Å²) in [6, 6.07) is 12.6. The maximum atomic E-state index is 12.8. The zero-order chi connectivity index (χ0) is 16.4. The van der Waals surface area contributed by atoms with E-state index in [1.165, 1.54) is 6.07 Å². The van der Waals surface area contributed by atoms with Gasteiger partial charge in [-0.05, 0) is 23.4 Å². The van der Waals surface area contributed by atoms with Gasteiger partial charge in [0.2, 0.25) is 5.56 Å². The number of para-hydroxylation sites is 1. The van der Waals surface area contributed by atoms with E-state index in [-0.39, 0.29) is 23.4 Å². The lowest BCUT2D eigenvalue weighted by molar-refractivity contribution is 0.0928. The quantitative estimate of drug-likeness (QED) is 0.767. The normalized spacial score (nSPS) is 12.5. The minimum atomic E-state index is -0.272. The zero-order valence-corrected chi connectivity index (χ0v) is 13.8. The van der Waals surface area contributed by atoms with Crippen molar-refractivity contribution in [3.63, 3.8) is 0 Å². The highest BCUT2D eigenvalue weighted by molar-refractivity contribution is 7.10. The van der Waals surface area contributed by atoms with E-state index in [0.29, 0.717) is 11.1 Å². The van der Waals surface area contributed by atoms with Gasteiger partial charge in [0.15, 0.2) is 0 Å². The summed E-state index contributed by atoms with van der Waals surface area (Å²) >= 11 is 1.62. The third-order valence-electron chi connectivity index (χ3n) is 3.80. The van der Waals surface area contributed by atoms with Crippen molar-refractivity contribution in [1.82, 2.24) is 10.3 Å². The van der Waals surface area contributed by atoms with E-state index >= 15 is 0 Å². The summed E-state index contributed by atoms with van der Waals surface area (Å²) in [7, 11) is 0. The molecule has 0 spiro atoms. The maximum Gasteiger partial charge on any atom is 0.252 e. The minimum absolute atomic E-state index is 0.0689. The summed E-state index contributed by atoms with van der Waals surface area (Å²) in [5, 5.41) is 5.82. The highest BCUT2D eigenvalue weighted by atomic mass is 32.1. The van der Waals surface area contributed by atoms with Crippen LogP contribution in [0.3, 0.4) is 0 Å². The third kappa shape index (κ3) is 3.19. The van der Waals surface area contributed by atoms with Crippen LogP contribution in [0.15, 0.2) is 52.6 Å². The number of rotatable bonds is 4. The van der Waals surface area contributed by atoms with Crippen molar-refractivity contribution < 1.29 is 4.79 Å². The van der Waals surface area contributed by atoms with E-state index in [9.17, 15) is 9.59 Å². The molecule has 1 aromatic carbocycles. The predicted molar refractivity (Wildman–Crippen MR) is 93.9 cm³/mol. The van der Waals surface area contributed by atoms with Crippen molar-refractivity contribution in [3.8, 4) is 0 Å². The lowest BCUT2D eigenvalue weighted by Crippen LogP contribution is -2.32. The number of nitrogens with one attached hydrogen (secondary N) is 2. The molecule has 0 aliphatic carbocycles. The molecule has 0 saturated heterocycles. The molecule has 3 aromatic rings. The highest BCUT2D eigenvalue weighted by Gasteiger charge is 2.21. The highest BCUT2D eigenvalue weighted by Crippen LogP contribution is 2.26. The largest absolute Gasteiger partial charge is 0.344 e. The van der Waals surface area contributed by atoms with Gasteiger partial charge in [-0.25, -0.2) is 0 Å². The van der Waals surface area contributed by atoms with Crippen LogP contribution in [-0.2, 0) is 0 Å². The van der Waals surface area contributed by atoms with Gasteiger partial charge in [0.05, 0.1) is 11.6 Å². The Bertz CT molecular complexity index is 881.